The van der Waals surface area contributed by atoms with Gasteiger partial charge in [-0.3, -0.25) is 5.10 Å². The Hall–Kier alpha value is -1.82. The van der Waals surface area contributed by atoms with Crippen LogP contribution in [0.4, 0.5) is 0 Å². The Morgan fingerprint density at radius 3 is 3.00 bits per heavy atom. The van der Waals surface area contributed by atoms with E-state index in [-0.39, 0.29) is 11.7 Å². The van der Waals surface area contributed by atoms with E-state index in [9.17, 15) is 0 Å². The molecule has 126 valence electrons. The van der Waals surface area contributed by atoms with Crippen molar-refractivity contribution in [2.45, 2.75) is 37.6 Å². The highest BCUT2D eigenvalue weighted by Gasteiger charge is 2.31. The van der Waals surface area contributed by atoms with E-state index >= 15 is 0 Å². The number of aromatic amines is 1. The van der Waals surface area contributed by atoms with Crippen LogP contribution >= 0.6 is 11.6 Å². The first-order valence-electron chi connectivity index (χ1n) is 8.30. The van der Waals surface area contributed by atoms with E-state index in [0.717, 1.165) is 30.8 Å². The van der Waals surface area contributed by atoms with Gasteiger partial charge in [-0.2, -0.15) is 5.10 Å². The molecule has 5 nitrogen and oxygen atoms in total. The van der Waals surface area contributed by atoms with Crippen molar-refractivity contribution in [3.8, 4) is 0 Å². The molecule has 0 saturated carbocycles. The Morgan fingerprint density at radius 1 is 1.29 bits per heavy atom. The molecule has 2 aromatic heterocycles. The zero-order chi connectivity index (χ0) is 16.5. The smallest absolute Gasteiger partial charge is 0.132 e. The lowest BCUT2D eigenvalue weighted by Gasteiger charge is -2.32. The lowest BCUT2D eigenvalue weighted by Crippen LogP contribution is -2.27. The number of nitrogens with two attached hydrogens (primary N) is 1. The molecule has 3 aromatic rings. The summed E-state index contributed by atoms with van der Waals surface area (Å²) in [5, 5.41) is 8.55. The van der Waals surface area contributed by atoms with Crippen molar-refractivity contribution in [3.05, 3.63) is 54.0 Å². The van der Waals surface area contributed by atoms with Gasteiger partial charge in [0.1, 0.15) is 11.7 Å². The quantitative estimate of drug-likeness (QED) is 0.711. The van der Waals surface area contributed by atoms with Crippen LogP contribution < -0.4 is 5.73 Å². The maximum Gasteiger partial charge on any atom is 0.132 e. The summed E-state index contributed by atoms with van der Waals surface area (Å²) in [6.45, 7) is 1.38. The summed E-state index contributed by atoms with van der Waals surface area (Å²) in [5.74, 6) is 0.445. The average molecular weight is 345 g/mol. The standard InChI is InChI=1S/C18H21ClN4O/c19-18-8-12(7-17(24-18)15-9-14(10-20)21-22-15)11-23-6-5-13-3-1-2-4-16(13)23/h1-6,9,12,17-18H,7-8,10-11,20H2,(H,21,22). The van der Waals surface area contributed by atoms with Gasteiger partial charge in [0.15, 0.2) is 0 Å². The minimum Gasteiger partial charge on any atom is -0.353 e. The van der Waals surface area contributed by atoms with Crippen molar-refractivity contribution >= 4 is 22.5 Å². The highest BCUT2D eigenvalue weighted by atomic mass is 35.5. The topological polar surface area (TPSA) is 68.9 Å². The molecular formula is C18H21ClN4O. The van der Waals surface area contributed by atoms with Crippen LogP contribution in [0.1, 0.15) is 30.3 Å². The molecule has 24 heavy (non-hydrogen) atoms. The number of halogens is 1. The molecule has 0 amide bonds. The summed E-state index contributed by atoms with van der Waals surface area (Å²) in [6, 6.07) is 12.6. The van der Waals surface area contributed by atoms with E-state index in [1.807, 2.05) is 6.07 Å². The summed E-state index contributed by atoms with van der Waals surface area (Å²) in [6.07, 6.45) is 3.83. The van der Waals surface area contributed by atoms with Gasteiger partial charge in [-0.05, 0) is 42.3 Å². The molecule has 3 N–H and O–H groups in total. The highest BCUT2D eigenvalue weighted by Crippen LogP contribution is 2.37. The highest BCUT2D eigenvalue weighted by molar-refractivity contribution is 6.19. The predicted molar refractivity (Wildman–Crippen MR) is 94.6 cm³/mol. The maximum absolute atomic E-state index is 6.36. The fourth-order valence-corrected chi connectivity index (χ4v) is 3.89. The molecule has 1 aliphatic heterocycles. The molecule has 1 aromatic carbocycles. The third kappa shape index (κ3) is 3.07. The maximum atomic E-state index is 6.36. The zero-order valence-corrected chi connectivity index (χ0v) is 14.1. The fraction of sp³-hybridized carbons (Fsp3) is 0.389. The molecule has 1 aliphatic rings. The van der Waals surface area contributed by atoms with Gasteiger partial charge in [-0.15, -0.1) is 0 Å². The van der Waals surface area contributed by atoms with Gasteiger partial charge in [0.25, 0.3) is 0 Å². The summed E-state index contributed by atoms with van der Waals surface area (Å²) in [4.78, 5) is 0. The van der Waals surface area contributed by atoms with Crippen LogP contribution in [-0.2, 0) is 17.8 Å². The second kappa shape index (κ2) is 6.59. The van der Waals surface area contributed by atoms with Crippen LogP contribution in [0.25, 0.3) is 10.9 Å². The zero-order valence-electron chi connectivity index (χ0n) is 13.4. The van der Waals surface area contributed by atoms with Gasteiger partial charge >= 0.3 is 0 Å². The summed E-state index contributed by atoms with van der Waals surface area (Å²) in [7, 11) is 0. The number of aromatic nitrogens is 3. The number of H-pyrrole nitrogens is 1. The lowest BCUT2D eigenvalue weighted by molar-refractivity contribution is -0.0385. The van der Waals surface area contributed by atoms with Crippen LogP contribution in [0, 0.1) is 5.92 Å². The fourth-order valence-electron chi connectivity index (χ4n) is 3.52. The van der Waals surface area contributed by atoms with Gasteiger partial charge in [0.05, 0.1) is 5.69 Å². The second-order valence-corrected chi connectivity index (χ2v) is 6.91. The third-order valence-corrected chi connectivity index (χ3v) is 4.99. The lowest BCUT2D eigenvalue weighted by atomic mass is 9.93. The first kappa shape index (κ1) is 15.7. The SMILES string of the molecule is NCc1cc(C2CC(Cn3ccc4ccccc43)CC(Cl)O2)n[nH]1. The number of para-hydroxylation sites is 1. The van der Waals surface area contributed by atoms with Gasteiger partial charge < -0.3 is 15.0 Å². The van der Waals surface area contributed by atoms with Crippen LogP contribution in [0.2, 0.25) is 0 Å². The van der Waals surface area contributed by atoms with Crippen molar-refractivity contribution < 1.29 is 4.74 Å². The van der Waals surface area contributed by atoms with Gasteiger partial charge in [0, 0.05) is 30.5 Å². The molecule has 1 fully saturated rings. The van der Waals surface area contributed by atoms with Crippen LogP contribution in [0.5, 0.6) is 0 Å². The number of benzene rings is 1. The molecule has 0 spiro atoms. The minimum absolute atomic E-state index is 0.0790. The van der Waals surface area contributed by atoms with Crippen LogP contribution in [0.3, 0.4) is 0 Å². The molecular weight excluding hydrogens is 324 g/mol. The van der Waals surface area contributed by atoms with Crippen LogP contribution in [-0.4, -0.2) is 20.3 Å². The Labute approximate surface area is 145 Å². The van der Waals surface area contributed by atoms with Gasteiger partial charge in [-0.25, -0.2) is 0 Å². The first-order valence-corrected chi connectivity index (χ1v) is 8.74. The number of alkyl halides is 1. The molecule has 3 heterocycles. The number of nitrogens with one attached hydrogen (secondary N) is 1. The van der Waals surface area contributed by atoms with E-state index in [0.29, 0.717) is 12.5 Å². The summed E-state index contributed by atoms with van der Waals surface area (Å²) >= 11 is 6.36. The van der Waals surface area contributed by atoms with E-state index < -0.39 is 0 Å². The Balaban J connectivity index is 1.52. The van der Waals surface area contributed by atoms with Gasteiger partial charge in [0.2, 0.25) is 0 Å². The minimum atomic E-state index is -0.284. The van der Waals surface area contributed by atoms with Crippen molar-refractivity contribution in [2.75, 3.05) is 0 Å². The van der Waals surface area contributed by atoms with Gasteiger partial charge in [-0.1, -0.05) is 29.8 Å². The molecule has 3 atom stereocenters. The van der Waals surface area contributed by atoms with E-state index in [1.54, 1.807) is 0 Å². The van der Waals surface area contributed by atoms with E-state index in [1.165, 1.54) is 10.9 Å². The summed E-state index contributed by atoms with van der Waals surface area (Å²) < 4.78 is 8.21. The Morgan fingerprint density at radius 2 is 2.17 bits per heavy atom. The summed E-state index contributed by atoms with van der Waals surface area (Å²) in [5.41, 5.74) is 8.43. The molecule has 0 aliphatic carbocycles. The molecule has 0 radical (unpaired) electrons. The van der Waals surface area contributed by atoms with Crippen molar-refractivity contribution in [3.63, 3.8) is 0 Å². The average Bonchev–Trinajstić information content (AvgIpc) is 3.22. The van der Waals surface area contributed by atoms with E-state index in [2.05, 4.69) is 51.3 Å². The Kier molecular flexibility index (Phi) is 4.31. The monoisotopic (exact) mass is 344 g/mol. The molecule has 1 saturated heterocycles. The predicted octanol–water partition coefficient (Wildman–Crippen LogP) is 3.56. The van der Waals surface area contributed by atoms with Crippen LogP contribution in [0.15, 0.2) is 42.6 Å². The number of hydrogen-bond donors (Lipinski definition) is 2. The Bertz CT molecular complexity index is 827. The molecule has 4 rings (SSSR count). The number of rotatable bonds is 4. The number of hydrogen-bond acceptors (Lipinski definition) is 3. The number of fused-ring (bicyclic) bond motifs is 1. The largest absolute Gasteiger partial charge is 0.353 e. The normalized spacial score (nSPS) is 24.5. The van der Waals surface area contributed by atoms with Crippen molar-refractivity contribution in [1.82, 2.24) is 14.8 Å². The second-order valence-electron chi connectivity index (χ2n) is 6.42. The molecule has 6 heteroatoms. The number of ether oxygens (including phenoxy) is 1. The van der Waals surface area contributed by atoms with Crippen molar-refractivity contribution in [2.24, 2.45) is 11.7 Å². The third-order valence-electron chi connectivity index (χ3n) is 4.71. The first-order chi connectivity index (χ1) is 11.7. The number of nitrogens with zero attached hydrogens (tertiary/aromatic N) is 2. The molecule has 0 bridgehead atoms. The molecule has 3 unspecified atom stereocenters. The van der Waals surface area contributed by atoms with Crippen molar-refractivity contribution in [1.29, 1.82) is 0 Å². The van der Waals surface area contributed by atoms with E-state index in [4.69, 9.17) is 22.1 Å².